The quantitative estimate of drug-likeness (QED) is 0.544. The molecule has 12 heteroatoms. The number of rotatable bonds is 7. The number of aryl methyl sites for hydroxylation is 1. The van der Waals surface area contributed by atoms with E-state index in [-0.39, 0.29) is 18.3 Å². The van der Waals surface area contributed by atoms with Crippen molar-refractivity contribution < 1.29 is 21.6 Å². The number of nitrogens with zero attached hydrogens (tertiary/aromatic N) is 4. The summed E-state index contributed by atoms with van der Waals surface area (Å²) >= 11 is 0. The van der Waals surface area contributed by atoms with E-state index in [9.17, 15) is 21.6 Å². The van der Waals surface area contributed by atoms with Crippen LogP contribution in [0.4, 0.5) is 36.4 Å². The lowest BCUT2D eigenvalue weighted by atomic mass is 10.2. The minimum atomic E-state index is -4.69. The van der Waals surface area contributed by atoms with Gasteiger partial charge in [0.1, 0.15) is 17.2 Å². The Morgan fingerprint density at radius 3 is 2.53 bits per heavy atom. The summed E-state index contributed by atoms with van der Waals surface area (Å²) in [6, 6.07) is 10.3. The van der Waals surface area contributed by atoms with E-state index >= 15 is 0 Å². The van der Waals surface area contributed by atoms with E-state index < -0.39 is 27.6 Å². The molecule has 0 bridgehead atoms. The number of halogens is 3. The van der Waals surface area contributed by atoms with Crippen molar-refractivity contribution in [3.8, 4) is 0 Å². The third-order valence-corrected chi connectivity index (χ3v) is 5.65. The first-order valence-electron chi connectivity index (χ1n) is 9.35. The maximum Gasteiger partial charge on any atom is 0.421 e. The molecular weight excluding hydrogens is 445 g/mol. The first kappa shape index (κ1) is 23.3. The van der Waals surface area contributed by atoms with Crippen molar-refractivity contribution in [2.24, 2.45) is 0 Å². The molecule has 32 heavy (non-hydrogen) atoms. The monoisotopic (exact) mass is 466 g/mol. The lowest BCUT2D eigenvalue weighted by molar-refractivity contribution is -0.137. The summed E-state index contributed by atoms with van der Waals surface area (Å²) in [5.74, 6) is -0.367. The van der Waals surface area contributed by atoms with Gasteiger partial charge in [0.25, 0.3) is 0 Å². The predicted molar refractivity (Wildman–Crippen MR) is 116 cm³/mol. The van der Waals surface area contributed by atoms with Crippen molar-refractivity contribution in [3.63, 3.8) is 0 Å². The van der Waals surface area contributed by atoms with Gasteiger partial charge in [0.15, 0.2) is 0 Å². The molecule has 2 aromatic heterocycles. The van der Waals surface area contributed by atoms with E-state index in [1.807, 2.05) is 13.0 Å². The number of alkyl halides is 3. The lowest BCUT2D eigenvalue weighted by Gasteiger charge is -2.20. The minimum Gasteiger partial charge on any atom is -0.365 e. The number of pyridine rings is 1. The zero-order chi connectivity index (χ0) is 23.5. The van der Waals surface area contributed by atoms with Gasteiger partial charge >= 0.3 is 6.18 Å². The molecule has 0 saturated carbocycles. The van der Waals surface area contributed by atoms with E-state index in [1.54, 1.807) is 30.3 Å². The van der Waals surface area contributed by atoms with Crippen LogP contribution < -0.4 is 14.9 Å². The third kappa shape index (κ3) is 5.63. The maximum absolute atomic E-state index is 13.5. The largest absolute Gasteiger partial charge is 0.421 e. The van der Waals surface area contributed by atoms with Crippen LogP contribution in [0.2, 0.25) is 0 Å². The van der Waals surface area contributed by atoms with Crippen molar-refractivity contribution in [1.29, 1.82) is 0 Å². The summed E-state index contributed by atoms with van der Waals surface area (Å²) in [6.07, 6.45) is -1.59. The van der Waals surface area contributed by atoms with Crippen LogP contribution in [0.15, 0.2) is 48.8 Å². The number of hydrogen-bond acceptors (Lipinski definition) is 7. The third-order valence-electron chi connectivity index (χ3n) is 4.48. The van der Waals surface area contributed by atoms with Gasteiger partial charge in [0.05, 0.1) is 6.26 Å². The lowest BCUT2D eigenvalue weighted by Crippen LogP contribution is -2.27. The fourth-order valence-electron chi connectivity index (χ4n) is 2.82. The average molecular weight is 466 g/mol. The molecular formula is C20H21F3N6O2S. The Morgan fingerprint density at radius 1 is 1.12 bits per heavy atom. The van der Waals surface area contributed by atoms with Crippen LogP contribution in [-0.4, -0.2) is 36.7 Å². The standard InChI is InChI=1S/C20H21F3N6O2S/c1-13-6-4-8-15(10-13)27-19-26-12-16(20(21,22)23)17(28-19)25-11-14-7-5-9-24-18(14)29(2)32(3,30)31/h4-10,12H,11H2,1-3H3,(H2,25,26,27,28). The van der Waals surface area contributed by atoms with Gasteiger partial charge in [-0.15, -0.1) is 0 Å². The van der Waals surface area contributed by atoms with E-state index in [2.05, 4.69) is 25.6 Å². The Bertz CT molecular complexity index is 1220. The molecule has 0 saturated heterocycles. The van der Waals surface area contributed by atoms with Crippen LogP contribution in [-0.2, 0) is 22.7 Å². The molecule has 0 aliphatic rings. The number of benzene rings is 1. The van der Waals surface area contributed by atoms with E-state index in [0.717, 1.165) is 16.1 Å². The minimum absolute atomic E-state index is 0.0224. The van der Waals surface area contributed by atoms with Gasteiger partial charge in [0, 0.05) is 37.2 Å². The van der Waals surface area contributed by atoms with Crippen LogP contribution in [0, 0.1) is 6.92 Å². The van der Waals surface area contributed by atoms with Crippen LogP contribution in [0.1, 0.15) is 16.7 Å². The van der Waals surface area contributed by atoms with Crippen molar-refractivity contribution >= 4 is 33.3 Å². The fraction of sp³-hybridized carbons (Fsp3) is 0.250. The van der Waals surface area contributed by atoms with Crippen molar-refractivity contribution in [1.82, 2.24) is 15.0 Å². The van der Waals surface area contributed by atoms with Crippen molar-refractivity contribution in [2.45, 2.75) is 19.6 Å². The van der Waals surface area contributed by atoms with E-state index in [0.29, 0.717) is 17.4 Å². The normalized spacial score (nSPS) is 11.8. The van der Waals surface area contributed by atoms with Crippen LogP contribution in [0.3, 0.4) is 0 Å². The molecule has 8 nitrogen and oxygen atoms in total. The Morgan fingerprint density at radius 2 is 1.88 bits per heavy atom. The first-order valence-corrected chi connectivity index (χ1v) is 11.2. The highest BCUT2D eigenvalue weighted by atomic mass is 32.2. The zero-order valence-corrected chi connectivity index (χ0v) is 18.3. The summed E-state index contributed by atoms with van der Waals surface area (Å²) in [7, 11) is -2.29. The van der Waals surface area contributed by atoms with Crippen LogP contribution in [0.25, 0.3) is 0 Å². The highest BCUT2D eigenvalue weighted by Crippen LogP contribution is 2.34. The summed E-state index contributed by atoms with van der Waals surface area (Å²) in [6.45, 7) is 1.73. The highest BCUT2D eigenvalue weighted by Gasteiger charge is 2.35. The number of anilines is 4. The average Bonchev–Trinajstić information content (AvgIpc) is 2.70. The molecule has 3 aromatic rings. The van der Waals surface area contributed by atoms with E-state index in [1.165, 1.54) is 13.2 Å². The number of aromatic nitrogens is 3. The van der Waals surface area contributed by atoms with Gasteiger partial charge in [-0.2, -0.15) is 18.2 Å². The van der Waals surface area contributed by atoms with Gasteiger partial charge in [-0.25, -0.2) is 18.4 Å². The van der Waals surface area contributed by atoms with Gasteiger partial charge in [-0.3, -0.25) is 4.31 Å². The first-order chi connectivity index (χ1) is 14.9. The van der Waals surface area contributed by atoms with Gasteiger partial charge in [-0.1, -0.05) is 18.2 Å². The zero-order valence-electron chi connectivity index (χ0n) is 17.5. The fourth-order valence-corrected chi connectivity index (χ4v) is 3.30. The molecule has 0 aliphatic carbocycles. The molecule has 2 N–H and O–H groups in total. The molecule has 170 valence electrons. The second kappa shape index (κ2) is 8.99. The van der Waals surface area contributed by atoms with Crippen molar-refractivity contribution in [2.75, 3.05) is 28.2 Å². The molecule has 0 aliphatic heterocycles. The number of sulfonamides is 1. The van der Waals surface area contributed by atoms with Crippen LogP contribution >= 0.6 is 0 Å². The molecule has 0 spiro atoms. The summed E-state index contributed by atoms with van der Waals surface area (Å²) < 4.78 is 65.2. The Hall–Kier alpha value is -3.41. The van der Waals surface area contributed by atoms with Gasteiger partial charge in [-0.05, 0) is 30.7 Å². The van der Waals surface area contributed by atoms with E-state index in [4.69, 9.17) is 0 Å². The van der Waals surface area contributed by atoms with Gasteiger partial charge < -0.3 is 10.6 Å². The molecule has 2 heterocycles. The smallest absolute Gasteiger partial charge is 0.365 e. The van der Waals surface area contributed by atoms with Crippen molar-refractivity contribution in [3.05, 3.63) is 65.5 Å². The second-order valence-electron chi connectivity index (χ2n) is 7.02. The van der Waals surface area contributed by atoms with Crippen LogP contribution in [0.5, 0.6) is 0 Å². The molecule has 3 rings (SSSR count). The summed E-state index contributed by atoms with van der Waals surface area (Å²) in [5.41, 5.74) is 0.911. The molecule has 0 amide bonds. The Balaban J connectivity index is 1.92. The predicted octanol–water partition coefficient (Wildman–Crippen LogP) is 3.95. The topological polar surface area (TPSA) is 100 Å². The SMILES string of the molecule is Cc1cccc(Nc2ncc(C(F)(F)F)c(NCc3cccnc3N(C)S(C)(=O)=O)n2)c1. The number of hydrogen-bond donors (Lipinski definition) is 2. The molecule has 0 radical (unpaired) electrons. The highest BCUT2D eigenvalue weighted by molar-refractivity contribution is 7.92. The molecule has 1 aromatic carbocycles. The molecule has 0 unspecified atom stereocenters. The molecule has 0 fully saturated rings. The maximum atomic E-state index is 13.5. The Labute approximate surface area is 183 Å². The summed E-state index contributed by atoms with van der Waals surface area (Å²) in [5, 5.41) is 5.53. The Kier molecular flexibility index (Phi) is 6.53. The van der Waals surface area contributed by atoms with Gasteiger partial charge in [0.2, 0.25) is 16.0 Å². The molecule has 0 atom stereocenters. The number of nitrogens with one attached hydrogen (secondary N) is 2. The summed E-state index contributed by atoms with van der Waals surface area (Å²) in [4.78, 5) is 11.8. The second-order valence-corrected chi connectivity index (χ2v) is 9.03.